The van der Waals surface area contributed by atoms with Crippen molar-refractivity contribution in [2.24, 2.45) is 9.98 Å². The van der Waals surface area contributed by atoms with Crippen LogP contribution in [-0.2, 0) is 10.9 Å². The van der Waals surface area contributed by atoms with Crippen molar-refractivity contribution in [3.8, 4) is 17.2 Å². The number of nitrogens with two attached hydrogens (primary N) is 1. The molecule has 0 spiro atoms. The Morgan fingerprint density at radius 2 is 2.00 bits per heavy atom. The van der Waals surface area contributed by atoms with E-state index in [0.29, 0.717) is 35.1 Å². The molecule has 2 aromatic carbocycles. The van der Waals surface area contributed by atoms with Gasteiger partial charge in [0.05, 0.1) is 27.6 Å². The minimum Gasteiger partial charge on any atom is -0.462 e. The molecule has 3 aliphatic heterocycles. The molecule has 3 saturated heterocycles. The predicted octanol–water partition coefficient (Wildman–Crippen LogP) is 7.99. The van der Waals surface area contributed by atoms with Crippen LogP contribution in [0, 0.1) is 23.0 Å². The number of nitrogens with zero attached hydrogens (tertiary/aromatic N) is 7. The predicted molar refractivity (Wildman–Crippen MR) is 204 cm³/mol. The number of carbonyl (C=O) groups excluding carboxylic acids is 1. The van der Waals surface area contributed by atoms with Gasteiger partial charge in [-0.15, -0.1) is 11.3 Å². The fraction of sp³-hybridized carbons (Fsp3) is 0.432. The number of nitriles is 1. The second-order valence-electron chi connectivity index (χ2n) is 13.9. The third-order valence-corrected chi connectivity index (χ3v) is 12.8. The first-order chi connectivity index (χ1) is 26.7. The highest BCUT2D eigenvalue weighted by Crippen LogP contribution is 2.46. The second-order valence-corrected chi connectivity index (χ2v) is 16.6. The van der Waals surface area contributed by atoms with Crippen molar-refractivity contribution in [2.45, 2.75) is 56.5 Å². The van der Waals surface area contributed by atoms with Crippen molar-refractivity contribution in [3.05, 3.63) is 68.1 Å². The van der Waals surface area contributed by atoms with E-state index in [1.165, 1.54) is 13.2 Å². The third kappa shape index (κ3) is 7.30. The summed E-state index contributed by atoms with van der Waals surface area (Å²) in [6, 6.07) is 4.66. The number of alkyl halides is 4. The van der Waals surface area contributed by atoms with Gasteiger partial charge in [-0.25, -0.2) is 23.1 Å². The van der Waals surface area contributed by atoms with E-state index in [1.807, 2.05) is 11.0 Å². The van der Waals surface area contributed by atoms with Crippen molar-refractivity contribution in [1.29, 1.82) is 5.26 Å². The quantitative estimate of drug-likeness (QED) is 0.114. The number of likely N-dealkylation sites (N-methyl/N-ethyl adjacent to an activating group) is 1. The number of hydrogen-bond donors (Lipinski definition) is 1. The van der Waals surface area contributed by atoms with Crippen molar-refractivity contribution >= 4 is 67.1 Å². The third-order valence-electron chi connectivity index (χ3n) is 10.6. The summed E-state index contributed by atoms with van der Waals surface area (Å²) in [4.78, 5) is 31.5. The summed E-state index contributed by atoms with van der Waals surface area (Å²) in [6.07, 6.45) is -2.67. The lowest BCUT2D eigenvalue weighted by Gasteiger charge is -2.33. The van der Waals surface area contributed by atoms with E-state index in [1.54, 1.807) is 16.7 Å². The summed E-state index contributed by atoms with van der Waals surface area (Å²) in [6.45, 7) is 3.32. The van der Waals surface area contributed by atoms with E-state index >= 15 is 17.6 Å². The number of thiazole rings is 1. The Labute approximate surface area is 330 Å². The van der Waals surface area contributed by atoms with Crippen LogP contribution in [0.3, 0.4) is 0 Å². The Balaban J connectivity index is 1.33. The number of rotatable bonds is 7. The summed E-state index contributed by atoms with van der Waals surface area (Å²) < 4.78 is 97.9. The lowest BCUT2D eigenvalue weighted by molar-refractivity contribution is -0.137. The highest BCUT2D eigenvalue weighted by atomic mass is 35.5. The van der Waals surface area contributed by atoms with Gasteiger partial charge in [0.15, 0.2) is 5.01 Å². The van der Waals surface area contributed by atoms with Crippen LogP contribution in [0.15, 0.2) is 40.4 Å². The molecule has 1 amide bonds. The molecular formula is C37H35ClF6N8O2S2. The molecule has 56 heavy (non-hydrogen) atoms. The molecule has 2 N–H and O–H groups in total. The van der Waals surface area contributed by atoms with Gasteiger partial charge in [-0.05, 0) is 56.5 Å². The lowest BCUT2D eigenvalue weighted by atomic mass is 9.92. The summed E-state index contributed by atoms with van der Waals surface area (Å²) in [5, 5.41) is 9.64. The minimum atomic E-state index is -5.15. The molecule has 3 fully saturated rings. The average molecular weight is 837 g/mol. The maximum absolute atomic E-state index is 16.7. The van der Waals surface area contributed by atoms with Gasteiger partial charge in [0.1, 0.15) is 45.7 Å². The second kappa shape index (κ2) is 15.5. The number of likely N-dealkylation sites (tertiary alicyclic amines) is 1. The van der Waals surface area contributed by atoms with Gasteiger partial charge in [-0.2, -0.15) is 23.4 Å². The fourth-order valence-corrected chi connectivity index (χ4v) is 10.0. The van der Waals surface area contributed by atoms with E-state index in [0.717, 1.165) is 42.0 Å². The first-order valence-electron chi connectivity index (χ1n) is 17.7. The lowest BCUT2D eigenvalue weighted by Crippen LogP contribution is -2.44. The molecule has 0 bridgehead atoms. The number of benzene rings is 2. The highest BCUT2D eigenvalue weighted by molar-refractivity contribution is 7.23. The fourth-order valence-electron chi connectivity index (χ4n) is 8.17. The highest BCUT2D eigenvalue weighted by Gasteiger charge is 2.49. The summed E-state index contributed by atoms with van der Waals surface area (Å²) in [5.41, 5.74) is 2.15. The largest absolute Gasteiger partial charge is 0.462 e. The average Bonchev–Trinajstić information content (AvgIpc) is 3.99. The van der Waals surface area contributed by atoms with Gasteiger partial charge in [-0.3, -0.25) is 9.69 Å². The van der Waals surface area contributed by atoms with Gasteiger partial charge < -0.3 is 20.3 Å². The summed E-state index contributed by atoms with van der Waals surface area (Å²) in [5.74, 6) is -2.63. The minimum absolute atomic E-state index is 0.0255. The molecular weight excluding hydrogens is 802 g/mol. The van der Waals surface area contributed by atoms with Crippen molar-refractivity contribution in [1.82, 2.24) is 19.7 Å². The van der Waals surface area contributed by atoms with Gasteiger partial charge in [-0.1, -0.05) is 29.0 Å². The number of fused-ring (bicyclic) bond motifs is 2. The van der Waals surface area contributed by atoms with Crippen LogP contribution in [0.25, 0.3) is 21.2 Å². The van der Waals surface area contributed by atoms with E-state index in [-0.39, 0.29) is 93.8 Å². The first kappa shape index (κ1) is 39.8. The molecule has 3 atom stereocenters. The SMILES string of the molecule is CCN(/C(=N/C(=NC)OCC12CCCN1CC(F)C2)c1cc(F)c(-c2ccc(F)c3sc(N)c(C#N)c23)c(C(F)(F)F)c1)C1CCN(C(=O)c2ncc(Cl)s2)C1. The summed E-state index contributed by atoms with van der Waals surface area (Å²) in [7, 11) is 1.39. The van der Waals surface area contributed by atoms with E-state index in [4.69, 9.17) is 22.1 Å². The number of carbonyl (C=O) groups is 1. The van der Waals surface area contributed by atoms with E-state index in [9.17, 15) is 18.8 Å². The standard InChI is InChI=1S/C37H35ClF6N8O2S2/c1-3-52(21-7-10-50(17-21)34(53)33-48-15-27(38)55-33)32(49-35(47-2)54-18-36-8-4-9-51(36)16-20(39)13-36)19-11-24(37(42,43)44)29(26(41)12-19)22-5-6-25(40)30-28(22)23(14-45)31(46)56-30/h5-6,11-12,15,20-21H,3-4,7-10,13,16-18,46H2,1-2H3/b47-35?,49-32+. The van der Waals surface area contributed by atoms with Crippen LogP contribution in [0.4, 0.5) is 31.3 Å². The van der Waals surface area contributed by atoms with E-state index < -0.39 is 46.7 Å². The molecule has 0 radical (unpaired) electrons. The van der Waals surface area contributed by atoms with Crippen LogP contribution in [0.1, 0.15) is 59.1 Å². The van der Waals surface area contributed by atoms with Crippen LogP contribution < -0.4 is 5.73 Å². The Bertz CT molecular complexity index is 2290. The van der Waals surface area contributed by atoms with Crippen molar-refractivity contribution in [3.63, 3.8) is 0 Å². The molecule has 2 aromatic heterocycles. The molecule has 3 aliphatic rings. The Morgan fingerprint density at radius 1 is 1.21 bits per heavy atom. The Kier molecular flexibility index (Phi) is 11.0. The number of amidine groups is 2. The van der Waals surface area contributed by atoms with Gasteiger partial charge in [0, 0.05) is 62.2 Å². The van der Waals surface area contributed by atoms with Crippen LogP contribution in [0.2, 0.25) is 4.34 Å². The summed E-state index contributed by atoms with van der Waals surface area (Å²) >= 11 is 7.71. The number of halogens is 7. The van der Waals surface area contributed by atoms with Gasteiger partial charge >= 0.3 is 12.2 Å². The number of hydrogen-bond acceptors (Lipinski definition) is 9. The smallest absolute Gasteiger partial charge is 0.417 e. The van der Waals surface area contributed by atoms with Gasteiger partial charge in [0.2, 0.25) is 0 Å². The number of nitrogen functional groups attached to an aromatic ring is 1. The molecule has 296 valence electrons. The van der Waals surface area contributed by atoms with Crippen LogP contribution in [-0.4, -0.2) is 102 Å². The Hall–Kier alpha value is -4.44. The number of anilines is 1. The molecule has 3 unspecified atom stereocenters. The molecule has 0 saturated carbocycles. The molecule has 5 heterocycles. The number of thiophene rings is 1. The topological polar surface area (TPSA) is 123 Å². The molecule has 19 heteroatoms. The maximum Gasteiger partial charge on any atom is 0.417 e. The van der Waals surface area contributed by atoms with Crippen molar-refractivity contribution in [2.75, 3.05) is 52.1 Å². The molecule has 7 rings (SSSR count). The molecule has 10 nitrogen and oxygen atoms in total. The number of aliphatic imine (C=N–C) groups is 2. The zero-order chi connectivity index (χ0) is 40.1. The van der Waals surface area contributed by atoms with Crippen LogP contribution in [0.5, 0.6) is 0 Å². The maximum atomic E-state index is 16.7. The number of aromatic nitrogens is 1. The van der Waals surface area contributed by atoms with E-state index in [2.05, 4.69) is 15.0 Å². The normalized spacial score (nSPS) is 21.9. The zero-order valence-corrected chi connectivity index (χ0v) is 32.5. The Morgan fingerprint density at radius 3 is 2.68 bits per heavy atom. The zero-order valence-electron chi connectivity index (χ0n) is 30.1. The first-order valence-corrected chi connectivity index (χ1v) is 19.8. The molecule has 0 aliphatic carbocycles. The van der Waals surface area contributed by atoms with Gasteiger partial charge in [0.25, 0.3) is 5.91 Å². The van der Waals surface area contributed by atoms with Crippen molar-refractivity contribution < 1.29 is 35.9 Å². The molecule has 4 aromatic rings. The number of ether oxygens (including phenoxy) is 1. The van der Waals surface area contributed by atoms with Crippen LogP contribution >= 0.6 is 34.3 Å². The monoisotopic (exact) mass is 836 g/mol. The number of amides is 1.